The molecule has 0 aliphatic heterocycles. The zero-order chi connectivity index (χ0) is 14.5. The maximum atomic E-state index is 12.0. The molecule has 2 heterocycles. The first-order valence-corrected chi connectivity index (χ1v) is 6.77. The number of rotatable bonds is 5. The van der Waals surface area contributed by atoms with Crippen molar-refractivity contribution < 1.29 is 0 Å². The molecule has 0 radical (unpaired) electrons. The molecule has 106 valence electrons. The SMILES string of the molecule is Cc1nc(C)c(C(C)NCCc2ccncc2)c(=O)[nH]1. The molecule has 20 heavy (non-hydrogen) atoms. The molecule has 0 saturated heterocycles. The van der Waals surface area contributed by atoms with E-state index in [0.717, 1.165) is 18.7 Å². The Balaban J connectivity index is 1.99. The second-order valence-electron chi connectivity index (χ2n) is 4.93. The molecular weight excluding hydrogens is 252 g/mol. The van der Waals surface area contributed by atoms with Gasteiger partial charge in [0, 0.05) is 24.1 Å². The van der Waals surface area contributed by atoms with Crippen molar-refractivity contribution in [3.8, 4) is 0 Å². The van der Waals surface area contributed by atoms with Crippen LogP contribution in [0.1, 0.15) is 35.6 Å². The first-order valence-electron chi connectivity index (χ1n) is 6.77. The Morgan fingerprint density at radius 3 is 2.65 bits per heavy atom. The lowest BCUT2D eigenvalue weighted by atomic mass is 10.1. The molecule has 0 aliphatic rings. The van der Waals surface area contributed by atoms with Crippen LogP contribution in [0, 0.1) is 13.8 Å². The molecule has 2 N–H and O–H groups in total. The van der Waals surface area contributed by atoms with Gasteiger partial charge in [-0.1, -0.05) is 0 Å². The van der Waals surface area contributed by atoms with Crippen molar-refractivity contribution in [2.24, 2.45) is 0 Å². The minimum Gasteiger partial charge on any atom is -0.310 e. The van der Waals surface area contributed by atoms with Crippen LogP contribution in [-0.4, -0.2) is 21.5 Å². The summed E-state index contributed by atoms with van der Waals surface area (Å²) in [5, 5.41) is 3.37. The molecule has 5 heteroatoms. The van der Waals surface area contributed by atoms with E-state index in [9.17, 15) is 4.79 Å². The van der Waals surface area contributed by atoms with Crippen LogP contribution >= 0.6 is 0 Å². The highest BCUT2D eigenvalue weighted by atomic mass is 16.1. The number of aromatic nitrogens is 3. The Labute approximate surface area is 118 Å². The molecule has 0 aromatic carbocycles. The monoisotopic (exact) mass is 272 g/mol. The van der Waals surface area contributed by atoms with E-state index >= 15 is 0 Å². The van der Waals surface area contributed by atoms with Crippen molar-refractivity contribution in [3.63, 3.8) is 0 Å². The molecule has 0 amide bonds. The van der Waals surface area contributed by atoms with Crippen LogP contribution in [0.25, 0.3) is 0 Å². The predicted octanol–water partition coefficient (Wildman–Crippen LogP) is 1.68. The summed E-state index contributed by atoms with van der Waals surface area (Å²) >= 11 is 0. The quantitative estimate of drug-likeness (QED) is 0.868. The van der Waals surface area contributed by atoms with Crippen molar-refractivity contribution in [2.75, 3.05) is 6.54 Å². The average molecular weight is 272 g/mol. The van der Waals surface area contributed by atoms with Gasteiger partial charge in [0.05, 0.1) is 5.56 Å². The second-order valence-corrected chi connectivity index (χ2v) is 4.93. The molecule has 1 unspecified atom stereocenters. The molecule has 0 saturated carbocycles. The topological polar surface area (TPSA) is 70.7 Å². The fourth-order valence-corrected chi connectivity index (χ4v) is 2.33. The number of nitrogens with zero attached hydrogens (tertiary/aromatic N) is 2. The van der Waals surface area contributed by atoms with Gasteiger partial charge in [0.15, 0.2) is 0 Å². The Bertz CT molecular complexity index is 622. The highest BCUT2D eigenvalue weighted by molar-refractivity contribution is 5.20. The number of hydrogen-bond donors (Lipinski definition) is 2. The third kappa shape index (κ3) is 3.51. The third-order valence-corrected chi connectivity index (χ3v) is 3.31. The summed E-state index contributed by atoms with van der Waals surface area (Å²) in [6.45, 7) is 6.46. The van der Waals surface area contributed by atoms with Gasteiger partial charge in [-0.2, -0.15) is 0 Å². The van der Waals surface area contributed by atoms with Crippen LogP contribution in [0.15, 0.2) is 29.3 Å². The normalized spacial score (nSPS) is 12.3. The summed E-state index contributed by atoms with van der Waals surface area (Å²) in [6, 6.07) is 3.98. The second kappa shape index (κ2) is 6.43. The maximum absolute atomic E-state index is 12.0. The summed E-state index contributed by atoms with van der Waals surface area (Å²) in [5.41, 5.74) is 2.67. The van der Waals surface area contributed by atoms with Gasteiger partial charge < -0.3 is 10.3 Å². The van der Waals surface area contributed by atoms with E-state index in [1.165, 1.54) is 5.56 Å². The number of aryl methyl sites for hydroxylation is 2. The number of hydrogen-bond acceptors (Lipinski definition) is 4. The minimum absolute atomic E-state index is 0.0197. The van der Waals surface area contributed by atoms with Gasteiger partial charge >= 0.3 is 0 Å². The summed E-state index contributed by atoms with van der Waals surface area (Å²) in [4.78, 5) is 23.1. The zero-order valence-electron chi connectivity index (χ0n) is 12.1. The van der Waals surface area contributed by atoms with Gasteiger partial charge in [-0.05, 0) is 51.4 Å². The summed E-state index contributed by atoms with van der Waals surface area (Å²) < 4.78 is 0. The molecule has 0 aliphatic carbocycles. The first-order chi connectivity index (χ1) is 9.58. The van der Waals surface area contributed by atoms with E-state index in [-0.39, 0.29) is 11.6 Å². The lowest BCUT2D eigenvalue weighted by Crippen LogP contribution is -2.29. The van der Waals surface area contributed by atoms with Crippen LogP contribution in [-0.2, 0) is 6.42 Å². The fraction of sp³-hybridized carbons (Fsp3) is 0.400. The van der Waals surface area contributed by atoms with Crippen LogP contribution in [0.5, 0.6) is 0 Å². The molecule has 0 spiro atoms. The van der Waals surface area contributed by atoms with Gasteiger partial charge in [0.1, 0.15) is 5.82 Å². The van der Waals surface area contributed by atoms with Crippen molar-refractivity contribution >= 4 is 0 Å². The van der Waals surface area contributed by atoms with E-state index in [0.29, 0.717) is 11.4 Å². The van der Waals surface area contributed by atoms with Gasteiger partial charge in [-0.15, -0.1) is 0 Å². The van der Waals surface area contributed by atoms with Gasteiger partial charge in [0.2, 0.25) is 0 Å². The van der Waals surface area contributed by atoms with E-state index in [4.69, 9.17) is 0 Å². The van der Waals surface area contributed by atoms with Crippen molar-refractivity contribution in [1.29, 1.82) is 0 Å². The van der Waals surface area contributed by atoms with Crippen LogP contribution in [0.4, 0.5) is 0 Å². The Morgan fingerprint density at radius 2 is 2.00 bits per heavy atom. The molecule has 0 bridgehead atoms. The Morgan fingerprint density at radius 1 is 1.30 bits per heavy atom. The highest BCUT2D eigenvalue weighted by Crippen LogP contribution is 2.10. The number of nitrogens with one attached hydrogen (secondary N) is 2. The van der Waals surface area contributed by atoms with Gasteiger partial charge in [-0.25, -0.2) is 4.98 Å². The maximum Gasteiger partial charge on any atom is 0.255 e. The lowest BCUT2D eigenvalue weighted by Gasteiger charge is -2.15. The van der Waals surface area contributed by atoms with E-state index in [1.54, 1.807) is 19.3 Å². The molecule has 2 aromatic rings. The van der Waals surface area contributed by atoms with Gasteiger partial charge in [-0.3, -0.25) is 9.78 Å². The average Bonchev–Trinajstić information content (AvgIpc) is 2.38. The fourth-order valence-electron chi connectivity index (χ4n) is 2.33. The predicted molar refractivity (Wildman–Crippen MR) is 78.7 cm³/mol. The summed E-state index contributed by atoms with van der Waals surface area (Å²) in [7, 11) is 0. The highest BCUT2D eigenvalue weighted by Gasteiger charge is 2.13. The molecule has 2 rings (SSSR count). The van der Waals surface area contributed by atoms with Crippen LogP contribution in [0.2, 0.25) is 0 Å². The summed E-state index contributed by atoms with van der Waals surface area (Å²) in [5.74, 6) is 0.653. The Kier molecular flexibility index (Phi) is 4.63. The number of aromatic amines is 1. The first kappa shape index (κ1) is 14.4. The minimum atomic E-state index is -0.0566. The number of H-pyrrole nitrogens is 1. The molecule has 2 aromatic heterocycles. The molecule has 0 fully saturated rings. The smallest absolute Gasteiger partial charge is 0.255 e. The van der Waals surface area contributed by atoms with E-state index in [2.05, 4.69) is 20.3 Å². The van der Waals surface area contributed by atoms with Crippen molar-refractivity contribution in [3.05, 3.63) is 57.5 Å². The van der Waals surface area contributed by atoms with E-state index in [1.807, 2.05) is 26.0 Å². The number of pyridine rings is 1. The zero-order valence-corrected chi connectivity index (χ0v) is 12.1. The largest absolute Gasteiger partial charge is 0.310 e. The standard InChI is InChI=1S/C15H20N4O/c1-10(14-11(2)18-12(3)19-15(14)20)17-9-6-13-4-7-16-8-5-13/h4-5,7-8,10,17H,6,9H2,1-3H3,(H,18,19,20). The van der Waals surface area contributed by atoms with Gasteiger partial charge in [0.25, 0.3) is 5.56 Å². The lowest BCUT2D eigenvalue weighted by molar-refractivity contribution is 0.565. The van der Waals surface area contributed by atoms with Crippen LogP contribution < -0.4 is 10.9 Å². The molecule has 1 atom stereocenters. The Hall–Kier alpha value is -2.01. The molecule has 5 nitrogen and oxygen atoms in total. The van der Waals surface area contributed by atoms with Crippen molar-refractivity contribution in [2.45, 2.75) is 33.2 Å². The van der Waals surface area contributed by atoms with Crippen LogP contribution in [0.3, 0.4) is 0 Å². The van der Waals surface area contributed by atoms with E-state index < -0.39 is 0 Å². The van der Waals surface area contributed by atoms with Crippen molar-refractivity contribution in [1.82, 2.24) is 20.3 Å². The third-order valence-electron chi connectivity index (χ3n) is 3.31. The molecular formula is C15H20N4O. The summed E-state index contributed by atoms with van der Waals surface area (Å²) in [6.07, 6.45) is 4.48.